The zero-order valence-electron chi connectivity index (χ0n) is 12.0. The van der Waals surface area contributed by atoms with E-state index in [2.05, 4.69) is 0 Å². The van der Waals surface area contributed by atoms with Crippen molar-refractivity contribution in [1.29, 1.82) is 0 Å². The summed E-state index contributed by atoms with van der Waals surface area (Å²) < 4.78 is 26.7. The van der Waals surface area contributed by atoms with Gasteiger partial charge in [-0.25, -0.2) is 4.79 Å². The molecule has 1 aliphatic rings. The average Bonchev–Trinajstić information content (AvgIpc) is 2.25. The molecule has 1 atom stereocenters. The highest BCUT2D eigenvalue weighted by molar-refractivity contribution is 7.85. The van der Waals surface area contributed by atoms with Gasteiger partial charge >= 0.3 is 5.97 Å². The van der Waals surface area contributed by atoms with Gasteiger partial charge in [0.15, 0.2) is 0 Å². The van der Waals surface area contributed by atoms with Crippen LogP contribution in [0.2, 0.25) is 0 Å². The van der Waals surface area contributed by atoms with Gasteiger partial charge in [-0.15, -0.1) is 5.06 Å². The quantitative estimate of drug-likeness (QED) is 0.725. The first-order chi connectivity index (χ1) is 8.58. The fourth-order valence-corrected chi connectivity index (χ4v) is 2.16. The van der Waals surface area contributed by atoms with Gasteiger partial charge in [-0.1, -0.05) is 0 Å². The Labute approximate surface area is 115 Å². The lowest BCUT2D eigenvalue weighted by Crippen LogP contribution is -2.41. The van der Waals surface area contributed by atoms with Crippen LogP contribution in [0.3, 0.4) is 0 Å². The molecule has 112 valence electrons. The van der Waals surface area contributed by atoms with Crippen LogP contribution in [0, 0.1) is 11.3 Å². The predicted molar refractivity (Wildman–Crippen MR) is 70.6 cm³/mol. The van der Waals surface area contributed by atoms with Crippen molar-refractivity contribution in [2.24, 2.45) is 11.3 Å². The Morgan fingerprint density at radius 1 is 1.37 bits per heavy atom. The lowest BCUT2D eigenvalue weighted by atomic mass is 9.97. The minimum atomic E-state index is -3.41. The highest BCUT2D eigenvalue weighted by atomic mass is 32.2. The van der Waals surface area contributed by atoms with E-state index in [0.717, 1.165) is 19.1 Å². The molecule has 0 aromatic carbocycles. The van der Waals surface area contributed by atoms with Gasteiger partial charge in [0.25, 0.3) is 10.1 Å². The van der Waals surface area contributed by atoms with E-state index in [9.17, 15) is 13.2 Å². The standard InChI is InChI=1S/C12H23NO5S/c1-12(2,3)11(14)18-13-7-5-6-10(8-13)9-17-19(4,15)16/h10H,5-9H2,1-4H3. The van der Waals surface area contributed by atoms with Crippen molar-refractivity contribution in [3.63, 3.8) is 0 Å². The monoisotopic (exact) mass is 293 g/mol. The Kier molecular flexibility index (Phi) is 5.34. The van der Waals surface area contributed by atoms with Crippen LogP contribution in [-0.4, -0.2) is 45.4 Å². The van der Waals surface area contributed by atoms with Crippen molar-refractivity contribution in [3.05, 3.63) is 0 Å². The molecule has 1 aliphatic heterocycles. The van der Waals surface area contributed by atoms with E-state index < -0.39 is 15.5 Å². The second kappa shape index (κ2) is 6.19. The largest absolute Gasteiger partial charge is 0.367 e. The summed E-state index contributed by atoms with van der Waals surface area (Å²) in [4.78, 5) is 17.1. The summed E-state index contributed by atoms with van der Waals surface area (Å²) in [7, 11) is -3.41. The summed E-state index contributed by atoms with van der Waals surface area (Å²) in [6.45, 7) is 6.72. The maximum Gasteiger partial charge on any atom is 0.330 e. The normalized spacial score (nSPS) is 22.2. The Balaban J connectivity index is 2.44. The number of hydrogen-bond acceptors (Lipinski definition) is 6. The van der Waals surface area contributed by atoms with E-state index in [1.807, 2.05) is 0 Å². The van der Waals surface area contributed by atoms with Crippen LogP contribution in [0.4, 0.5) is 0 Å². The van der Waals surface area contributed by atoms with E-state index in [-0.39, 0.29) is 18.5 Å². The van der Waals surface area contributed by atoms with E-state index in [1.54, 1.807) is 25.8 Å². The van der Waals surface area contributed by atoms with E-state index in [4.69, 9.17) is 9.02 Å². The second-order valence-electron chi connectivity index (χ2n) is 6.01. The minimum Gasteiger partial charge on any atom is -0.367 e. The number of carbonyl (C=O) groups is 1. The van der Waals surface area contributed by atoms with Crippen molar-refractivity contribution in [2.75, 3.05) is 26.0 Å². The molecular weight excluding hydrogens is 270 g/mol. The van der Waals surface area contributed by atoms with Gasteiger partial charge in [0.2, 0.25) is 0 Å². The minimum absolute atomic E-state index is 0.0660. The van der Waals surface area contributed by atoms with Gasteiger partial charge in [-0.3, -0.25) is 4.18 Å². The highest BCUT2D eigenvalue weighted by Crippen LogP contribution is 2.21. The van der Waals surface area contributed by atoms with Crippen molar-refractivity contribution in [2.45, 2.75) is 33.6 Å². The SMILES string of the molecule is CC(C)(C)C(=O)ON1CCCC(COS(C)(=O)=O)C1. The first-order valence-electron chi connectivity index (χ1n) is 6.39. The maximum atomic E-state index is 11.8. The van der Waals surface area contributed by atoms with E-state index >= 15 is 0 Å². The predicted octanol–water partition coefficient (Wildman–Crippen LogP) is 1.18. The molecule has 0 aromatic rings. The van der Waals surface area contributed by atoms with Crippen LogP contribution in [0.5, 0.6) is 0 Å². The third kappa shape index (κ3) is 6.35. The average molecular weight is 293 g/mol. The Hall–Kier alpha value is -0.660. The molecule has 0 bridgehead atoms. The molecule has 1 rings (SSSR count). The molecule has 6 nitrogen and oxygen atoms in total. The Morgan fingerprint density at radius 3 is 2.53 bits per heavy atom. The number of rotatable bonds is 4. The zero-order chi connectivity index (χ0) is 14.7. The summed E-state index contributed by atoms with van der Waals surface area (Å²) in [6, 6.07) is 0. The molecule has 1 heterocycles. The number of piperidine rings is 1. The van der Waals surface area contributed by atoms with Crippen LogP contribution in [0.1, 0.15) is 33.6 Å². The first kappa shape index (κ1) is 16.4. The molecule has 0 saturated carbocycles. The van der Waals surface area contributed by atoms with Crippen LogP contribution < -0.4 is 0 Å². The van der Waals surface area contributed by atoms with Gasteiger partial charge in [0.05, 0.1) is 18.3 Å². The molecule has 0 amide bonds. The van der Waals surface area contributed by atoms with Crippen LogP contribution in [0.25, 0.3) is 0 Å². The fourth-order valence-electron chi connectivity index (χ4n) is 1.72. The molecule has 0 spiro atoms. The first-order valence-corrected chi connectivity index (χ1v) is 8.21. The summed E-state index contributed by atoms with van der Waals surface area (Å²) in [5.74, 6) is -0.214. The number of nitrogens with zero attached hydrogens (tertiary/aromatic N) is 1. The lowest BCUT2D eigenvalue weighted by molar-refractivity contribution is -0.208. The number of carbonyl (C=O) groups excluding carboxylic acids is 1. The van der Waals surface area contributed by atoms with E-state index in [0.29, 0.717) is 13.1 Å². The second-order valence-corrected chi connectivity index (χ2v) is 7.66. The molecule has 1 fully saturated rings. The zero-order valence-corrected chi connectivity index (χ0v) is 12.8. The smallest absolute Gasteiger partial charge is 0.330 e. The van der Waals surface area contributed by atoms with Gasteiger partial charge in [0.1, 0.15) is 0 Å². The van der Waals surface area contributed by atoms with Gasteiger partial charge in [-0.2, -0.15) is 8.42 Å². The van der Waals surface area contributed by atoms with Crippen LogP contribution in [-0.2, 0) is 23.9 Å². The highest BCUT2D eigenvalue weighted by Gasteiger charge is 2.29. The summed E-state index contributed by atoms with van der Waals surface area (Å²) in [5.41, 5.74) is -0.545. The Bertz CT molecular complexity index is 412. The molecule has 1 unspecified atom stereocenters. The number of hydroxylamine groups is 2. The topological polar surface area (TPSA) is 72.9 Å². The maximum absolute atomic E-state index is 11.8. The van der Waals surface area contributed by atoms with Crippen molar-refractivity contribution in [3.8, 4) is 0 Å². The van der Waals surface area contributed by atoms with Crippen molar-refractivity contribution in [1.82, 2.24) is 5.06 Å². The number of hydrogen-bond donors (Lipinski definition) is 0. The van der Waals surface area contributed by atoms with Crippen LogP contribution in [0.15, 0.2) is 0 Å². The van der Waals surface area contributed by atoms with Crippen molar-refractivity contribution < 1.29 is 22.2 Å². The van der Waals surface area contributed by atoms with E-state index in [1.165, 1.54) is 0 Å². The van der Waals surface area contributed by atoms with Crippen molar-refractivity contribution >= 4 is 16.1 Å². The van der Waals surface area contributed by atoms with Gasteiger partial charge in [-0.05, 0) is 39.5 Å². The molecule has 0 aromatic heterocycles. The molecule has 0 aliphatic carbocycles. The summed E-state index contributed by atoms with van der Waals surface area (Å²) in [6.07, 6.45) is 2.77. The molecule has 19 heavy (non-hydrogen) atoms. The summed E-state index contributed by atoms with van der Waals surface area (Å²) >= 11 is 0. The molecule has 1 saturated heterocycles. The molecular formula is C12H23NO5S. The fraction of sp³-hybridized carbons (Fsp3) is 0.917. The third-order valence-corrected chi connectivity index (χ3v) is 3.39. The van der Waals surface area contributed by atoms with Crippen LogP contribution >= 0.6 is 0 Å². The third-order valence-electron chi connectivity index (χ3n) is 2.82. The van der Waals surface area contributed by atoms with Gasteiger partial charge < -0.3 is 4.84 Å². The van der Waals surface area contributed by atoms with Gasteiger partial charge in [0, 0.05) is 13.1 Å². The molecule has 0 N–H and O–H groups in total. The Morgan fingerprint density at radius 2 is 2.00 bits per heavy atom. The summed E-state index contributed by atoms with van der Waals surface area (Å²) in [5, 5.41) is 1.60. The molecule has 0 radical (unpaired) electrons. The molecule has 7 heteroatoms. The lowest BCUT2D eigenvalue weighted by Gasteiger charge is -2.32.